The third kappa shape index (κ3) is 4.34. The number of para-hydroxylation sites is 2. The molecule has 11 aromatic rings. The number of nitrogens with zero attached hydrogens (tertiary/aromatic N) is 1. The van der Waals surface area contributed by atoms with Gasteiger partial charge in [0.05, 0.1) is 5.69 Å². The Bertz CT molecular complexity index is 3410. The van der Waals surface area contributed by atoms with Gasteiger partial charge in [0.15, 0.2) is 0 Å². The van der Waals surface area contributed by atoms with Gasteiger partial charge in [-0.15, -0.1) is 0 Å². The molecular weight excluding hydrogens is 683 g/mol. The summed E-state index contributed by atoms with van der Waals surface area (Å²) in [4.78, 5) is 2.43. The van der Waals surface area contributed by atoms with E-state index in [4.69, 9.17) is 8.83 Å². The Morgan fingerprint density at radius 3 is 1.93 bits per heavy atom. The maximum absolute atomic E-state index is 6.95. The predicted octanol–water partition coefficient (Wildman–Crippen LogP) is 15.2. The zero-order valence-corrected chi connectivity index (χ0v) is 31.0. The van der Waals surface area contributed by atoms with Crippen LogP contribution >= 0.6 is 0 Å². The first-order valence-corrected chi connectivity index (χ1v) is 19.3. The zero-order chi connectivity index (χ0) is 37.1. The van der Waals surface area contributed by atoms with Crippen LogP contribution in [0, 0.1) is 0 Å². The summed E-state index contributed by atoms with van der Waals surface area (Å²) < 4.78 is 13.6. The summed E-state index contributed by atoms with van der Waals surface area (Å²) in [5.41, 5.74) is 14.1. The van der Waals surface area contributed by atoms with Gasteiger partial charge in [0.2, 0.25) is 0 Å². The summed E-state index contributed by atoms with van der Waals surface area (Å²) in [5.74, 6) is 0. The number of hydrogen-bond acceptors (Lipinski definition) is 3. The number of furan rings is 2. The second-order valence-electron chi connectivity index (χ2n) is 15.6. The van der Waals surface area contributed by atoms with Crippen LogP contribution in [-0.2, 0) is 5.41 Å². The Morgan fingerprint density at radius 1 is 0.393 bits per heavy atom. The van der Waals surface area contributed by atoms with Gasteiger partial charge in [0, 0.05) is 54.8 Å². The van der Waals surface area contributed by atoms with Crippen LogP contribution in [0.5, 0.6) is 0 Å². The SMILES string of the molecule is CC1(C)c2ccccc2-c2ccc(N(c3ccc4oc5c(-c6cccc7c6oc6ccccc67)c6ccccc6cc5c4c3)c3cccc4ccccc34)cc21. The molecule has 2 aromatic heterocycles. The Hall–Kier alpha value is -7.10. The van der Waals surface area contributed by atoms with E-state index in [1.54, 1.807) is 0 Å². The van der Waals surface area contributed by atoms with Crippen LogP contribution in [0.25, 0.3) is 87.7 Å². The molecule has 12 rings (SSSR count). The second-order valence-corrected chi connectivity index (χ2v) is 15.6. The monoisotopic (exact) mass is 717 g/mol. The van der Waals surface area contributed by atoms with E-state index in [9.17, 15) is 0 Å². The van der Waals surface area contributed by atoms with Crippen molar-refractivity contribution in [3.63, 3.8) is 0 Å². The fourth-order valence-electron chi connectivity index (χ4n) is 9.57. The number of rotatable bonds is 4. The third-order valence-corrected chi connectivity index (χ3v) is 12.2. The van der Waals surface area contributed by atoms with Crippen molar-refractivity contribution < 1.29 is 8.83 Å². The van der Waals surface area contributed by atoms with Crippen LogP contribution in [0.2, 0.25) is 0 Å². The van der Waals surface area contributed by atoms with E-state index in [1.807, 2.05) is 12.1 Å². The molecule has 3 heteroatoms. The van der Waals surface area contributed by atoms with E-state index in [-0.39, 0.29) is 5.41 Å². The number of fused-ring (bicyclic) bond motifs is 11. The van der Waals surface area contributed by atoms with Crippen molar-refractivity contribution in [2.24, 2.45) is 0 Å². The molecule has 56 heavy (non-hydrogen) atoms. The molecule has 2 heterocycles. The lowest BCUT2D eigenvalue weighted by Crippen LogP contribution is -2.16. The molecule has 0 bridgehead atoms. The van der Waals surface area contributed by atoms with Crippen LogP contribution in [0.3, 0.4) is 0 Å². The van der Waals surface area contributed by atoms with Crippen molar-refractivity contribution in [2.75, 3.05) is 4.90 Å². The van der Waals surface area contributed by atoms with Crippen molar-refractivity contribution in [2.45, 2.75) is 19.3 Å². The molecule has 264 valence electrons. The van der Waals surface area contributed by atoms with E-state index in [0.29, 0.717) is 0 Å². The van der Waals surface area contributed by atoms with Crippen molar-refractivity contribution >= 4 is 82.5 Å². The highest BCUT2D eigenvalue weighted by molar-refractivity contribution is 6.22. The summed E-state index contributed by atoms with van der Waals surface area (Å²) in [6, 6.07) is 63.4. The molecule has 9 aromatic carbocycles. The molecule has 0 amide bonds. The van der Waals surface area contributed by atoms with Crippen molar-refractivity contribution in [3.05, 3.63) is 187 Å². The van der Waals surface area contributed by atoms with E-state index in [2.05, 4.69) is 183 Å². The van der Waals surface area contributed by atoms with Gasteiger partial charge in [0.25, 0.3) is 0 Å². The van der Waals surface area contributed by atoms with Crippen LogP contribution in [0.15, 0.2) is 185 Å². The molecule has 1 aliphatic rings. The summed E-state index contributed by atoms with van der Waals surface area (Å²) in [6.07, 6.45) is 0. The van der Waals surface area contributed by atoms with Crippen molar-refractivity contribution in [1.29, 1.82) is 0 Å². The van der Waals surface area contributed by atoms with Gasteiger partial charge in [-0.1, -0.05) is 141 Å². The largest absolute Gasteiger partial charge is 0.455 e. The van der Waals surface area contributed by atoms with E-state index in [0.717, 1.165) is 82.8 Å². The lowest BCUT2D eigenvalue weighted by atomic mass is 9.82. The average molecular weight is 718 g/mol. The topological polar surface area (TPSA) is 29.5 Å². The summed E-state index contributed by atoms with van der Waals surface area (Å²) >= 11 is 0. The van der Waals surface area contributed by atoms with Crippen LogP contribution in [0.1, 0.15) is 25.0 Å². The summed E-state index contributed by atoms with van der Waals surface area (Å²) in [7, 11) is 0. The number of benzene rings is 9. The number of hydrogen-bond donors (Lipinski definition) is 0. The Balaban J connectivity index is 1.12. The van der Waals surface area contributed by atoms with Gasteiger partial charge in [-0.05, 0) is 86.9 Å². The van der Waals surface area contributed by atoms with Crippen molar-refractivity contribution in [3.8, 4) is 22.3 Å². The predicted molar refractivity (Wildman–Crippen MR) is 234 cm³/mol. The molecule has 3 nitrogen and oxygen atoms in total. The van der Waals surface area contributed by atoms with Gasteiger partial charge in [-0.3, -0.25) is 0 Å². The fraction of sp³-hybridized carbons (Fsp3) is 0.0566. The first-order valence-electron chi connectivity index (χ1n) is 19.3. The highest BCUT2D eigenvalue weighted by Crippen LogP contribution is 2.52. The molecule has 0 N–H and O–H groups in total. The van der Waals surface area contributed by atoms with E-state index < -0.39 is 0 Å². The summed E-state index contributed by atoms with van der Waals surface area (Å²) in [5, 5.41) is 9.05. The highest BCUT2D eigenvalue weighted by atomic mass is 16.3. The van der Waals surface area contributed by atoms with Crippen LogP contribution in [-0.4, -0.2) is 0 Å². The lowest BCUT2D eigenvalue weighted by molar-refractivity contribution is 0.660. The van der Waals surface area contributed by atoms with E-state index >= 15 is 0 Å². The van der Waals surface area contributed by atoms with Gasteiger partial charge < -0.3 is 13.7 Å². The molecule has 0 radical (unpaired) electrons. The third-order valence-electron chi connectivity index (χ3n) is 12.2. The Morgan fingerprint density at radius 2 is 1.02 bits per heavy atom. The molecule has 0 unspecified atom stereocenters. The average Bonchev–Trinajstić information content (AvgIpc) is 3.88. The van der Waals surface area contributed by atoms with Gasteiger partial charge in [-0.2, -0.15) is 0 Å². The maximum Gasteiger partial charge on any atom is 0.144 e. The molecule has 0 aliphatic heterocycles. The quantitative estimate of drug-likeness (QED) is 0.182. The van der Waals surface area contributed by atoms with Crippen molar-refractivity contribution in [1.82, 2.24) is 0 Å². The van der Waals surface area contributed by atoms with Crippen LogP contribution < -0.4 is 4.90 Å². The maximum atomic E-state index is 6.95. The number of anilines is 3. The first kappa shape index (κ1) is 31.3. The molecule has 0 fully saturated rings. The molecule has 0 atom stereocenters. The molecule has 0 saturated carbocycles. The molecule has 1 aliphatic carbocycles. The molecular formula is C53H35NO2. The zero-order valence-electron chi connectivity index (χ0n) is 31.0. The Kier molecular flexibility index (Phi) is 6.40. The van der Waals surface area contributed by atoms with E-state index in [1.165, 1.54) is 33.0 Å². The lowest BCUT2D eigenvalue weighted by Gasteiger charge is -2.29. The minimum atomic E-state index is -0.128. The minimum absolute atomic E-state index is 0.128. The van der Waals surface area contributed by atoms with Gasteiger partial charge in [0.1, 0.15) is 22.3 Å². The standard InChI is InChI=1S/C53H35NO2/c1-53(2)45-22-9-7-18-38(45)39-27-25-35(31-46(39)53)54(47-23-11-15-32-13-3-5-16-36(32)47)34-26-28-49-43(30-34)44-29-33-14-4-6-17-37(33)50(52(44)56-49)42-21-12-20-41-40-19-8-10-24-48(40)55-51(41)42/h3-31H,1-2H3. The highest BCUT2D eigenvalue weighted by Gasteiger charge is 2.36. The smallest absolute Gasteiger partial charge is 0.144 e. The first-order chi connectivity index (χ1) is 27.5. The summed E-state index contributed by atoms with van der Waals surface area (Å²) in [6.45, 7) is 4.70. The van der Waals surface area contributed by atoms with Gasteiger partial charge in [-0.25, -0.2) is 0 Å². The molecule has 0 spiro atoms. The second kappa shape index (κ2) is 11.5. The van der Waals surface area contributed by atoms with Gasteiger partial charge >= 0.3 is 0 Å². The molecule has 0 saturated heterocycles. The Labute approximate surface area is 323 Å². The normalized spacial score (nSPS) is 13.3. The fourth-order valence-corrected chi connectivity index (χ4v) is 9.57. The van der Waals surface area contributed by atoms with Crippen LogP contribution in [0.4, 0.5) is 17.1 Å². The minimum Gasteiger partial charge on any atom is -0.455 e.